The molecular weight excluding hydrogens is 250 g/mol. The maximum Gasteiger partial charge on any atom is 0.0621 e. The number of nitrogens with zero attached hydrogens (tertiary/aromatic N) is 2. The van der Waals surface area contributed by atoms with Crippen LogP contribution in [0.25, 0.3) is 0 Å². The van der Waals surface area contributed by atoms with Crippen LogP contribution in [-0.4, -0.2) is 61.8 Å². The molecule has 2 fully saturated rings. The van der Waals surface area contributed by atoms with Gasteiger partial charge < -0.3 is 15.4 Å². The van der Waals surface area contributed by atoms with E-state index in [4.69, 9.17) is 10.5 Å². The van der Waals surface area contributed by atoms with Crippen molar-refractivity contribution in [3.05, 3.63) is 35.9 Å². The molecular formula is C16H25N3O. The summed E-state index contributed by atoms with van der Waals surface area (Å²) < 4.78 is 5.45. The van der Waals surface area contributed by atoms with Crippen LogP contribution in [-0.2, 0) is 11.3 Å². The molecule has 4 nitrogen and oxygen atoms in total. The number of nitrogens with two attached hydrogens (primary N) is 1. The van der Waals surface area contributed by atoms with Gasteiger partial charge in [-0.25, -0.2) is 0 Å². The Kier molecular flexibility index (Phi) is 4.68. The molecule has 0 spiro atoms. The van der Waals surface area contributed by atoms with Crippen molar-refractivity contribution in [2.45, 2.75) is 12.6 Å². The Morgan fingerprint density at radius 2 is 1.70 bits per heavy atom. The van der Waals surface area contributed by atoms with Gasteiger partial charge >= 0.3 is 0 Å². The van der Waals surface area contributed by atoms with Gasteiger partial charge in [-0.3, -0.25) is 4.90 Å². The van der Waals surface area contributed by atoms with E-state index in [1.54, 1.807) is 0 Å². The first kappa shape index (κ1) is 14.0. The number of hydrogen-bond acceptors (Lipinski definition) is 4. The minimum atomic E-state index is 0.234. The lowest BCUT2D eigenvalue weighted by atomic mass is 10.0. The van der Waals surface area contributed by atoms with Gasteiger partial charge in [0.05, 0.1) is 13.2 Å². The van der Waals surface area contributed by atoms with E-state index in [-0.39, 0.29) is 6.04 Å². The summed E-state index contributed by atoms with van der Waals surface area (Å²) in [5.74, 6) is 0.524. The molecule has 0 radical (unpaired) electrons. The van der Waals surface area contributed by atoms with Gasteiger partial charge in [0, 0.05) is 51.2 Å². The zero-order valence-electron chi connectivity index (χ0n) is 12.1. The predicted octanol–water partition coefficient (Wildman–Crippen LogP) is 0.778. The third-order valence-electron chi connectivity index (χ3n) is 4.45. The van der Waals surface area contributed by atoms with Crippen molar-refractivity contribution in [3.63, 3.8) is 0 Å². The van der Waals surface area contributed by atoms with Gasteiger partial charge in [0.25, 0.3) is 0 Å². The van der Waals surface area contributed by atoms with Crippen molar-refractivity contribution >= 4 is 0 Å². The molecule has 0 bridgehead atoms. The van der Waals surface area contributed by atoms with Crippen LogP contribution in [0.1, 0.15) is 5.56 Å². The van der Waals surface area contributed by atoms with Gasteiger partial charge in [-0.05, 0) is 5.56 Å². The minimum absolute atomic E-state index is 0.234. The van der Waals surface area contributed by atoms with E-state index < -0.39 is 0 Å². The highest BCUT2D eigenvalue weighted by Gasteiger charge is 2.28. The molecule has 0 saturated carbocycles. The highest BCUT2D eigenvalue weighted by Crippen LogP contribution is 2.15. The summed E-state index contributed by atoms with van der Waals surface area (Å²) in [6.07, 6.45) is 0. The average molecular weight is 275 g/mol. The smallest absolute Gasteiger partial charge is 0.0621 e. The van der Waals surface area contributed by atoms with Crippen LogP contribution in [0.15, 0.2) is 30.3 Å². The van der Waals surface area contributed by atoms with Gasteiger partial charge in [0.1, 0.15) is 0 Å². The van der Waals surface area contributed by atoms with E-state index in [1.165, 1.54) is 5.56 Å². The lowest BCUT2D eigenvalue weighted by Crippen LogP contribution is -2.49. The molecule has 0 amide bonds. The Labute approximate surface area is 121 Å². The van der Waals surface area contributed by atoms with Gasteiger partial charge in [-0.15, -0.1) is 0 Å². The summed E-state index contributed by atoms with van der Waals surface area (Å²) in [4.78, 5) is 5.08. The van der Waals surface area contributed by atoms with Crippen LogP contribution in [0.4, 0.5) is 0 Å². The second kappa shape index (κ2) is 6.68. The van der Waals surface area contributed by atoms with E-state index in [0.717, 1.165) is 52.5 Å². The predicted molar refractivity (Wildman–Crippen MR) is 80.4 cm³/mol. The Hall–Kier alpha value is -0.940. The van der Waals surface area contributed by atoms with Crippen LogP contribution in [0, 0.1) is 5.92 Å². The summed E-state index contributed by atoms with van der Waals surface area (Å²) in [6.45, 7) is 8.34. The second-order valence-electron chi connectivity index (χ2n) is 6.02. The Morgan fingerprint density at radius 1 is 1.00 bits per heavy atom. The van der Waals surface area contributed by atoms with Gasteiger partial charge in [-0.2, -0.15) is 0 Å². The molecule has 2 saturated heterocycles. The highest BCUT2D eigenvalue weighted by molar-refractivity contribution is 5.14. The standard InChI is InChI=1S/C16H25N3O/c17-16-13-20-12-15(16)11-19-8-6-18(7-9-19)10-14-4-2-1-3-5-14/h1-5,15-16H,6-13,17H2. The lowest BCUT2D eigenvalue weighted by molar-refractivity contribution is 0.106. The monoisotopic (exact) mass is 275 g/mol. The molecule has 4 heteroatoms. The van der Waals surface area contributed by atoms with E-state index in [1.807, 2.05) is 0 Å². The number of hydrogen-bond donors (Lipinski definition) is 1. The number of benzene rings is 1. The van der Waals surface area contributed by atoms with E-state index >= 15 is 0 Å². The first-order chi connectivity index (χ1) is 9.81. The molecule has 20 heavy (non-hydrogen) atoms. The van der Waals surface area contributed by atoms with Crippen molar-refractivity contribution in [2.75, 3.05) is 45.9 Å². The fourth-order valence-electron chi connectivity index (χ4n) is 3.11. The topological polar surface area (TPSA) is 41.7 Å². The molecule has 110 valence electrons. The van der Waals surface area contributed by atoms with Crippen LogP contribution < -0.4 is 5.73 Å². The first-order valence-corrected chi connectivity index (χ1v) is 7.63. The highest BCUT2D eigenvalue weighted by atomic mass is 16.5. The molecule has 0 aromatic heterocycles. The Balaban J connectivity index is 1.43. The summed E-state index contributed by atoms with van der Waals surface area (Å²) in [6, 6.07) is 11.0. The zero-order valence-corrected chi connectivity index (χ0v) is 12.1. The fourth-order valence-corrected chi connectivity index (χ4v) is 3.11. The molecule has 2 heterocycles. The molecule has 1 aromatic rings. The fraction of sp³-hybridized carbons (Fsp3) is 0.625. The summed E-state index contributed by atoms with van der Waals surface area (Å²) in [5, 5.41) is 0. The lowest BCUT2D eigenvalue weighted by Gasteiger charge is -2.36. The molecule has 2 unspecified atom stereocenters. The van der Waals surface area contributed by atoms with E-state index in [2.05, 4.69) is 40.1 Å². The molecule has 2 atom stereocenters. The summed E-state index contributed by atoms with van der Waals surface area (Å²) in [5.41, 5.74) is 7.47. The summed E-state index contributed by atoms with van der Waals surface area (Å²) >= 11 is 0. The molecule has 3 rings (SSSR count). The quantitative estimate of drug-likeness (QED) is 0.882. The van der Waals surface area contributed by atoms with Crippen molar-refractivity contribution in [2.24, 2.45) is 11.7 Å². The maximum atomic E-state index is 6.06. The second-order valence-corrected chi connectivity index (χ2v) is 6.02. The zero-order chi connectivity index (χ0) is 13.8. The minimum Gasteiger partial charge on any atom is -0.379 e. The average Bonchev–Trinajstić information content (AvgIpc) is 2.88. The van der Waals surface area contributed by atoms with Crippen molar-refractivity contribution in [3.8, 4) is 0 Å². The van der Waals surface area contributed by atoms with Gasteiger partial charge in [-0.1, -0.05) is 30.3 Å². The number of ether oxygens (including phenoxy) is 1. The third-order valence-corrected chi connectivity index (χ3v) is 4.45. The SMILES string of the molecule is NC1COCC1CN1CCN(Cc2ccccc2)CC1. The number of rotatable bonds is 4. The molecule has 0 aliphatic carbocycles. The molecule has 1 aromatic carbocycles. The number of piperazine rings is 1. The first-order valence-electron chi connectivity index (χ1n) is 7.63. The third kappa shape index (κ3) is 3.58. The Morgan fingerprint density at radius 3 is 2.35 bits per heavy atom. The van der Waals surface area contributed by atoms with Crippen molar-refractivity contribution in [1.29, 1.82) is 0 Å². The van der Waals surface area contributed by atoms with Crippen LogP contribution in [0.3, 0.4) is 0 Å². The van der Waals surface area contributed by atoms with Crippen LogP contribution >= 0.6 is 0 Å². The normalized spacial score (nSPS) is 28.9. The van der Waals surface area contributed by atoms with Gasteiger partial charge in [0.15, 0.2) is 0 Å². The van der Waals surface area contributed by atoms with E-state index in [0.29, 0.717) is 5.92 Å². The van der Waals surface area contributed by atoms with Crippen molar-refractivity contribution < 1.29 is 4.74 Å². The van der Waals surface area contributed by atoms with Crippen molar-refractivity contribution in [1.82, 2.24) is 9.80 Å². The summed E-state index contributed by atoms with van der Waals surface area (Å²) in [7, 11) is 0. The Bertz CT molecular complexity index is 403. The largest absolute Gasteiger partial charge is 0.379 e. The van der Waals surface area contributed by atoms with E-state index in [9.17, 15) is 0 Å². The van der Waals surface area contributed by atoms with Crippen LogP contribution in [0.5, 0.6) is 0 Å². The maximum absolute atomic E-state index is 6.06. The van der Waals surface area contributed by atoms with Gasteiger partial charge in [0.2, 0.25) is 0 Å². The molecule has 2 aliphatic rings. The van der Waals surface area contributed by atoms with Crippen LogP contribution in [0.2, 0.25) is 0 Å². The molecule has 2 N–H and O–H groups in total. The molecule has 2 aliphatic heterocycles.